The van der Waals surface area contributed by atoms with Crippen molar-refractivity contribution in [3.05, 3.63) is 78.9 Å². The van der Waals surface area contributed by atoms with E-state index in [2.05, 4.69) is 20.6 Å². The van der Waals surface area contributed by atoms with Crippen LogP contribution in [0.5, 0.6) is 5.75 Å². The van der Waals surface area contributed by atoms with Gasteiger partial charge < -0.3 is 24.4 Å². The summed E-state index contributed by atoms with van der Waals surface area (Å²) in [5.41, 5.74) is 2.56. The first kappa shape index (κ1) is 29.1. The Morgan fingerprint density at radius 1 is 1.05 bits per heavy atom. The Morgan fingerprint density at radius 2 is 1.88 bits per heavy atom. The fourth-order valence-corrected chi connectivity index (χ4v) is 5.06. The van der Waals surface area contributed by atoms with Gasteiger partial charge in [-0.05, 0) is 43.0 Å². The SMILES string of the molecule is CC(C)C[C@H]1NC(=O)CN(Cc2coc(-c3ccccc3)n2)CCCOc2cccc(c2)-c2nccn2CCNC1=O. The first-order chi connectivity index (χ1) is 20.4. The summed E-state index contributed by atoms with van der Waals surface area (Å²) in [5, 5.41) is 5.99. The number of carbonyl (C=O) groups is 2. The van der Waals surface area contributed by atoms with Gasteiger partial charge in [0.1, 0.15) is 23.9 Å². The van der Waals surface area contributed by atoms with Crippen molar-refractivity contribution < 1.29 is 18.7 Å². The molecule has 2 N–H and O–H groups in total. The third-order valence-electron chi connectivity index (χ3n) is 7.03. The number of carbonyl (C=O) groups excluding carboxylic acids is 2. The van der Waals surface area contributed by atoms with Crippen molar-refractivity contribution in [2.24, 2.45) is 5.92 Å². The van der Waals surface area contributed by atoms with Crippen LogP contribution in [0.3, 0.4) is 0 Å². The summed E-state index contributed by atoms with van der Waals surface area (Å²) in [6.07, 6.45) is 6.50. The molecule has 0 unspecified atom stereocenters. The van der Waals surface area contributed by atoms with Gasteiger partial charge in [-0.25, -0.2) is 9.97 Å². The van der Waals surface area contributed by atoms with Gasteiger partial charge in [-0.1, -0.05) is 44.2 Å². The van der Waals surface area contributed by atoms with Gasteiger partial charge in [0.2, 0.25) is 17.7 Å². The number of fused-ring (bicyclic) bond motifs is 4. The minimum absolute atomic E-state index is 0.114. The highest BCUT2D eigenvalue weighted by molar-refractivity contribution is 5.88. The molecule has 10 heteroatoms. The smallest absolute Gasteiger partial charge is 0.242 e. The van der Waals surface area contributed by atoms with Crippen LogP contribution in [0.25, 0.3) is 22.8 Å². The summed E-state index contributed by atoms with van der Waals surface area (Å²) < 4.78 is 13.8. The number of oxazole rings is 1. The molecule has 42 heavy (non-hydrogen) atoms. The highest BCUT2D eigenvalue weighted by Gasteiger charge is 2.23. The van der Waals surface area contributed by atoms with Gasteiger partial charge in [0.05, 0.1) is 18.8 Å². The maximum Gasteiger partial charge on any atom is 0.242 e. The monoisotopic (exact) mass is 570 g/mol. The fraction of sp³-hybridized carbons (Fsp3) is 0.375. The van der Waals surface area contributed by atoms with Crippen molar-refractivity contribution in [1.82, 2.24) is 30.1 Å². The minimum atomic E-state index is -0.628. The van der Waals surface area contributed by atoms with Gasteiger partial charge in [0.15, 0.2) is 0 Å². The molecule has 0 saturated carbocycles. The number of rotatable bonds is 5. The van der Waals surface area contributed by atoms with Crippen LogP contribution in [0, 0.1) is 5.92 Å². The van der Waals surface area contributed by atoms with Crippen molar-refractivity contribution in [1.29, 1.82) is 0 Å². The second-order valence-electron chi connectivity index (χ2n) is 10.9. The molecule has 220 valence electrons. The van der Waals surface area contributed by atoms with Gasteiger partial charge >= 0.3 is 0 Å². The van der Waals surface area contributed by atoms with Gasteiger partial charge in [0, 0.05) is 49.7 Å². The molecule has 0 radical (unpaired) electrons. The quantitative estimate of drug-likeness (QED) is 0.371. The Labute approximate surface area is 246 Å². The lowest BCUT2D eigenvalue weighted by molar-refractivity contribution is -0.130. The summed E-state index contributed by atoms with van der Waals surface area (Å²) in [5.74, 6) is 1.91. The van der Waals surface area contributed by atoms with E-state index >= 15 is 0 Å². The molecular formula is C32H38N6O4. The topological polar surface area (TPSA) is 115 Å². The Bertz CT molecular complexity index is 1460. The molecule has 1 aliphatic rings. The number of aromatic nitrogens is 3. The molecule has 2 aromatic heterocycles. The Balaban J connectivity index is 1.35. The molecule has 4 aromatic rings. The van der Waals surface area contributed by atoms with Gasteiger partial charge in [-0.2, -0.15) is 0 Å². The van der Waals surface area contributed by atoms with Crippen molar-refractivity contribution in [3.8, 4) is 28.6 Å². The molecule has 0 aliphatic carbocycles. The number of benzene rings is 2. The summed E-state index contributed by atoms with van der Waals surface area (Å²) >= 11 is 0. The predicted molar refractivity (Wildman–Crippen MR) is 159 cm³/mol. The summed E-state index contributed by atoms with van der Waals surface area (Å²) in [6.45, 7) is 6.63. The zero-order chi connectivity index (χ0) is 29.3. The number of hydrogen-bond acceptors (Lipinski definition) is 7. The number of amides is 2. The normalized spacial score (nSPS) is 17.5. The summed E-state index contributed by atoms with van der Waals surface area (Å²) in [7, 11) is 0. The Hall–Kier alpha value is -4.44. The molecule has 0 saturated heterocycles. The standard InChI is InChI=1S/C32H38N6O4/c1-23(2)18-28-31(40)34-13-16-38-15-12-33-30(38)25-10-6-11-27(19-25)41-17-7-14-37(21-29(39)36-28)20-26-22-42-32(35-26)24-8-4-3-5-9-24/h3-6,8-12,15,19,22-23,28H,7,13-14,16-18,20-21H2,1-2H3,(H,34,40)(H,36,39)/t28-/m1/s1. The minimum Gasteiger partial charge on any atom is -0.494 e. The predicted octanol–water partition coefficient (Wildman–Crippen LogP) is 4.14. The number of nitrogens with zero attached hydrogens (tertiary/aromatic N) is 4. The highest BCUT2D eigenvalue weighted by atomic mass is 16.5. The first-order valence-corrected chi connectivity index (χ1v) is 14.5. The molecule has 5 rings (SSSR count). The molecule has 10 nitrogen and oxygen atoms in total. The fourth-order valence-electron chi connectivity index (χ4n) is 5.06. The van der Waals surface area contributed by atoms with Crippen molar-refractivity contribution >= 4 is 11.8 Å². The zero-order valence-electron chi connectivity index (χ0n) is 24.2. The lowest BCUT2D eigenvalue weighted by atomic mass is 10.0. The second-order valence-corrected chi connectivity index (χ2v) is 10.9. The number of imidazole rings is 1. The van der Waals surface area contributed by atoms with Crippen LogP contribution >= 0.6 is 0 Å². The van der Waals surface area contributed by atoms with Crippen LogP contribution in [0.2, 0.25) is 0 Å². The van der Waals surface area contributed by atoms with E-state index in [1.807, 2.05) is 84.1 Å². The molecule has 2 amide bonds. The summed E-state index contributed by atoms with van der Waals surface area (Å²) in [4.78, 5) is 37.6. The van der Waals surface area contributed by atoms with Crippen LogP contribution in [0.4, 0.5) is 0 Å². The van der Waals surface area contributed by atoms with E-state index in [1.165, 1.54) is 0 Å². The third kappa shape index (κ3) is 7.85. The van der Waals surface area contributed by atoms with Gasteiger partial charge in [-0.15, -0.1) is 0 Å². The van der Waals surface area contributed by atoms with Crippen molar-refractivity contribution in [2.45, 2.75) is 45.8 Å². The first-order valence-electron chi connectivity index (χ1n) is 14.5. The molecule has 0 fully saturated rings. The van der Waals surface area contributed by atoms with E-state index in [4.69, 9.17) is 9.15 Å². The van der Waals surface area contributed by atoms with Crippen molar-refractivity contribution in [2.75, 3.05) is 26.2 Å². The lowest BCUT2D eigenvalue weighted by Crippen LogP contribution is -2.50. The van der Waals surface area contributed by atoms with Crippen LogP contribution in [0.15, 0.2) is 77.7 Å². The molecule has 2 aromatic carbocycles. The molecule has 0 spiro atoms. The molecule has 2 bridgehead atoms. The Morgan fingerprint density at radius 3 is 2.71 bits per heavy atom. The van der Waals surface area contributed by atoms with Crippen LogP contribution in [-0.2, 0) is 22.7 Å². The Kier molecular flexibility index (Phi) is 9.66. The second kappa shape index (κ2) is 14.0. The average molecular weight is 571 g/mol. The van der Waals surface area contributed by atoms with Gasteiger partial charge in [0.25, 0.3) is 0 Å². The third-order valence-corrected chi connectivity index (χ3v) is 7.03. The maximum absolute atomic E-state index is 13.3. The largest absolute Gasteiger partial charge is 0.494 e. The molecule has 3 heterocycles. The highest BCUT2D eigenvalue weighted by Crippen LogP contribution is 2.23. The van der Waals surface area contributed by atoms with E-state index in [-0.39, 0.29) is 24.3 Å². The van der Waals surface area contributed by atoms with E-state index in [9.17, 15) is 9.59 Å². The van der Waals surface area contributed by atoms with Gasteiger partial charge in [-0.3, -0.25) is 14.5 Å². The summed E-state index contributed by atoms with van der Waals surface area (Å²) in [6, 6.07) is 16.9. The van der Waals surface area contributed by atoms with Crippen LogP contribution in [-0.4, -0.2) is 63.5 Å². The van der Waals surface area contributed by atoms with Crippen molar-refractivity contribution in [3.63, 3.8) is 0 Å². The van der Waals surface area contributed by atoms with E-state index < -0.39 is 6.04 Å². The maximum atomic E-state index is 13.3. The van der Waals surface area contributed by atoms with Crippen LogP contribution < -0.4 is 15.4 Å². The molecule has 1 atom stereocenters. The van der Waals surface area contributed by atoms with E-state index in [0.717, 1.165) is 28.4 Å². The van der Waals surface area contributed by atoms with E-state index in [0.29, 0.717) is 51.5 Å². The van der Waals surface area contributed by atoms with Crippen LogP contribution in [0.1, 0.15) is 32.4 Å². The molecular weight excluding hydrogens is 532 g/mol. The zero-order valence-corrected chi connectivity index (χ0v) is 24.2. The van der Waals surface area contributed by atoms with E-state index in [1.54, 1.807) is 12.5 Å². The number of ether oxygens (including phenoxy) is 1. The average Bonchev–Trinajstić information content (AvgIpc) is 3.65. The number of nitrogens with one attached hydrogen (secondary N) is 2. The molecule has 1 aliphatic heterocycles. The lowest BCUT2D eigenvalue weighted by Gasteiger charge is -2.24. The number of hydrogen-bond donors (Lipinski definition) is 2.